The summed E-state index contributed by atoms with van der Waals surface area (Å²) >= 11 is 0. The van der Waals surface area contributed by atoms with Gasteiger partial charge in [-0.3, -0.25) is 9.78 Å². The Morgan fingerprint density at radius 1 is 1.26 bits per heavy atom. The molecule has 0 radical (unpaired) electrons. The van der Waals surface area contributed by atoms with Crippen molar-refractivity contribution in [3.63, 3.8) is 0 Å². The number of pyridine rings is 1. The predicted octanol–water partition coefficient (Wildman–Crippen LogP) is 2.60. The Hall–Kier alpha value is -2.60. The minimum Gasteiger partial charge on any atom is -0.492 e. The summed E-state index contributed by atoms with van der Waals surface area (Å²) in [5, 5.41) is 5.99. The third kappa shape index (κ3) is 4.96. The lowest BCUT2D eigenvalue weighted by atomic mass is 10.2. The lowest BCUT2D eigenvalue weighted by Gasteiger charge is -2.12. The van der Waals surface area contributed by atoms with Gasteiger partial charge in [0.05, 0.1) is 18.9 Å². The number of amides is 1. The van der Waals surface area contributed by atoms with Crippen LogP contribution in [-0.4, -0.2) is 37.8 Å². The van der Waals surface area contributed by atoms with Crippen molar-refractivity contribution in [2.75, 3.05) is 32.2 Å². The molecule has 122 valence electrons. The van der Waals surface area contributed by atoms with E-state index >= 15 is 0 Å². The second-order valence-corrected chi connectivity index (χ2v) is 4.73. The molecule has 2 N–H and O–H groups in total. The summed E-state index contributed by atoms with van der Waals surface area (Å²) in [5.74, 6) is 0.529. The van der Waals surface area contributed by atoms with Crippen LogP contribution in [-0.2, 0) is 4.74 Å². The summed E-state index contributed by atoms with van der Waals surface area (Å²) in [6, 6.07) is 11.1. The van der Waals surface area contributed by atoms with Gasteiger partial charge in [0.15, 0.2) is 0 Å². The maximum Gasteiger partial charge on any atom is 0.270 e. The zero-order valence-corrected chi connectivity index (χ0v) is 13.3. The highest BCUT2D eigenvalue weighted by Crippen LogP contribution is 2.27. The number of rotatable bonds is 8. The maximum absolute atomic E-state index is 12.0. The molecule has 0 saturated heterocycles. The first-order valence-electron chi connectivity index (χ1n) is 7.46. The third-order valence-corrected chi connectivity index (χ3v) is 3.05. The number of para-hydroxylation sites is 2. The summed E-state index contributed by atoms with van der Waals surface area (Å²) in [7, 11) is 1.59. The van der Waals surface area contributed by atoms with Crippen LogP contribution >= 0.6 is 0 Å². The zero-order chi connectivity index (χ0) is 16.5. The Labute approximate surface area is 135 Å². The molecule has 2 aromatic rings. The van der Waals surface area contributed by atoms with Gasteiger partial charge >= 0.3 is 0 Å². The Morgan fingerprint density at radius 3 is 2.87 bits per heavy atom. The maximum atomic E-state index is 12.0. The highest BCUT2D eigenvalue weighted by Gasteiger charge is 2.08. The normalized spacial score (nSPS) is 10.2. The lowest BCUT2D eigenvalue weighted by molar-refractivity contribution is 0.0932. The molecule has 23 heavy (non-hydrogen) atoms. The number of carbonyl (C=O) groups is 1. The van der Waals surface area contributed by atoms with E-state index in [1.54, 1.807) is 25.4 Å². The molecule has 0 aliphatic carbocycles. The van der Waals surface area contributed by atoms with Gasteiger partial charge in [-0.25, -0.2) is 0 Å². The van der Waals surface area contributed by atoms with Gasteiger partial charge in [0.25, 0.3) is 5.91 Å². The molecule has 2 rings (SSSR count). The fourth-order valence-electron chi connectivity index (χ4n) is 2.00. The standard InChI is InChI=1S/C17H21N3O3/c1-3-23-16-7-5-4-6-14(16)20-13-8-9-18-15(12-13)17(21)19-10-11-22-2/h4-9,12H,3,10-11H2,1-2H3,(H,18,20)(H,19,21). The average Bonchev–Trinajstić information content (AvgIpc) is 2.57. The number of methoxy groups -OCH3 is 1. The summed E-state index contributed by atoms with van der Waals surface area (Å²) in [4.78, 5) is 16.1. The van der Waals surface area contributed by atoms with Crippen molar-refractivity contribution < 1.29 is 14.3 Å². The van der Waals surface area contributed by atoms with Crippen LogP contribution in [0, 0.1) is 0 Å². The van der Waals surface area contributed by atoms with Crippen LogP contribution in [0.1, 0.15) is 17.4 Å². The first kappa shape index (κ1) is 16.8. The van der Waals surface area contributed by atoms with E-state index in [-0.39, 0.29) is 5.91 Å². The van der Waals surface area contributed by atoms with Crippen molar-refractivity contribution in [1.29, 1.82) is 0 Å². The smallest absolute Gasteiger partial charge is 0.270 e. The first-order chi connectivity index (χ1) is 11.2. The number of benzene rings is 1. The summed E-state index contributed by atoms with van der Waals surface area (Å²) < 4.78 is 10.5. The predicted molar refractivity (Wildman–Crippen MR) is 89.3 cm³/mol. The van der Waals surface area contributed by atoms with E-state index in [2.05, 4.69) is 15.6 Å². The van der Waals surface area contributed by atoms with Gasteiger partial charge in [0.2, 0.25) is 0 Å². The van der Waals surface area contributed by atoms with Crippen LogP contribution in [0.4, 0.5) is 11.4 Å². The van der Waals surface area contributed by atoms with Crippen LogP contribution in [0.2, 0.25) is 0 Å². The number of ether oxygens (including phenoxy) is 2. The molecule has 0 aliphatic rings. The van der Waals surface area contributed by atoms with Gasteiger partial charge in [0.1, 0.15) is 11.4 Å². The van der Waals surface area contributed by atoms with Crippen LogP contribution < -0.4 is 15.4 Å². The molecule has 0 fully saturated rings. The van der Waals surface area contributed by atoms with E-state index in [4.69, 9.17) is 9.47 Å². The van der Waals surface area contributed by atoms with Crippen LogP contribution in [0.3, 0.4) is 0 Å². The molecule has 0 unspecified atom stereocenters. The van der Waals surface area contributed by atoms with Crippen LogP contribution in [0.5, 0.6) is 5.75 Å². The van der Waals surface area contributed by atoms with Gasteiger partial charge in [-0.15, -0.1) is 0 Å². The number of hydrogen-bond donors (Lipinski definition) is 2. The number of carbonyl (C=O) groups excluding carboxylic acids is 1. The fraction of sp³-hybridized carbons (Fsp3) is 0.294. The molecular formula is C17H21N3O3. The van der Waals surface area contributed by atoms with Gasteiger partial charge in [0, 0.05) is 25.5 Å². The number of nitrogens with one attached hydrogen (secondary N) is 2. The lowest BCUT2D eigenvalue weighted by Crippen LogP contribution is -2.27. The Balaban J connectivity index is 2.09. The van der Waals surface area contributed by atoms with E-state index in [1.165, 1.54) is 0 Å². The molecule has 1 aromatic heterocycles. The molecule has 1 aromatic carbocycles. The highest BCUT2D eigenvalue weighted by atomic mass is 16.5. The van der Waals surface area contributed by atoms with Gasteiger partial charge in [-0.05, 0) is 31.2 Å². The molecule has 0 saturated carbocycles. The average molecular weight is 315 g/mol. The van der Waals surface area contributed by atoms with E-state index in [0.29, 0.717) is 25.5 Å². The topological polar surface area (TPSA) is 72.5 Å². The quantitative estimate of drug-likeness (QED) is 0.733. The van der Waals surface area contributed by atoms with Crippen molar-refractivity contribution in [3.05, 3.63) is 48.3 Å². The van der Waals surface area contributed by atoms with Crippen LogP contribution in [0.15, 0.2) is 42.6 Å². The molecule has 6 nitrogen and oxygen atoms in total. The second-order valence-electron chi connectivity index (χ2n) is 4.73. The van der Waals surface area contributed by atoms with Crippen molar-refractivity contribution >= 4 is 17.3 Å². The summed E-state index contributed by atoms with van der Waals surface area (Å²) in [6.45, 7) is 3.43. The summed E-state index contributed by atoms with van der Waals surface area (Å²) in [6.07, 6.45) is 1.59. The molecule has 1 heterocycles. The molecular weight excluding hydrogens is 294 g/mol. The van der Waals surface area contributed by atoms with Crippen molar-refractivity contribution in [1.82, 2.24) is 10.3 Å². The van der Waals surface area contributed by atoms with Crippen molar-refractivity contribution in [2.45, 2.75) is 6.92 Å². The molecule has 0 bridgehead atoms. The zero-order valence-electron chi connectivity index (χ0n) is 13.3. The van der Waals surface area contributed by atoms with Gasteiger partial charge in [-0.2, -0.15) is 0 Å². The third-order valence-electron chi connectivity index (χ3n) is 3.05. The second kappa shape index (κ2) is 8.75. The van der Waals surface area contributed by atoms with Crippen molar-refractivity contribution in [3.8, 4) is 5.75 Å². The number of hydrogen-bond acceptors (Lipinski definition) is 5. The number of aromatic nitrogens is 1. The Bertz CT molecular complexity index is 646. The largest absolute Gasteiger partial charge is 0.492 e. The van der Waals surface area contributed by atoms with Gasteiger partial charge < -0.3 is 20.1 Å². The van der Waals surface area contributed by atoms with E-state index < -0.39 is 0 Å². The van der Waals surface area contributed by atoms with Crippen molar-refractivity contribution in [2.24, 2.45) is 0 Å². The fourth-order valence-corrected chi connectivity index (χ4v) is 2.00. The molecule has 0 spiro atoms. The minimum atomic E-state index is -0.233. The van der Waals surface area contributed by atoms with E-state index in [9.17, 15) is 4.79 Å². The number of nitrogens with zero attached hydrogens (tertiary/aromatic N) is 1. The Morgan fingerprint density at radius 2 is 2.09 bits per heavy atom. The summed E-state index contributed by atoms with van der Waals surface area (Å²) in [5.41, 5.74) is 1.95. The molecule has 0 atom stereocenters. The first-order valence-corrected chi connectivity index (χ1v) is 7.46. The van der Waals surface area contributed by atoms with Gasteiger partial charge in [-0.1, -0.05) is 12.1 Å². The van der Waals surface area contributed by atoms with E-state index in [1.807, 2.05) is 31.2 Å². The number of anilines is 2. The highest BCUT2D eigenvalue weighted by molar-refractivity contribution is 5.93. The monoisotopic (exact) mass is 315 g/mol. The molecule has 6 heteroatoms. The Kier molecular flexibility index (Phi) is 6.38. The van der Waals surface area contributed by atoms with Crippen LogP contribution in [0.25, 0.3) is 0 Å². The van der Waals surface area contributed by atoms with E-state index in [0.717, 1.165) is 17.1 Å². The minimum absolute atomic E-state index is 0.233. The SMILES string of the molecule is CCOc1ccccc1Nc1ccnc(C(=O)NCCOC)c1. The molecule has 1 amide bonds. The molecule has 0 aliphatic heterocycles.